The molecular weight excluding hydrogens is 446 g/mol. The molecule has 7 nitrogen and oxygen atoms in total. The van der Waals surface area contributed by atoms with E-state index in [9.17, 15) is 10.1 Å². The lowest BCUT2D eigenvalue weighted by Crippen LogP contribution is -1.95. The van der Waals surface area contributed by atoms with E-state index in [1.165, 1.54) is 12.1 Å². The summed E-state index contributed by atoms with van der Waals surface area (Å²) in [6, 6.07) is 23.7. The minimum absolute atomic E-state index is 0.0367. The molecule has 0 amide bonds. The minimum Gasteiger partial charge on any atom is -0.279 e. The van der Waals surface area contributed by atoms with Crippen LogP contribution in [-0.2, 0) is 0 Å². The molecule has 0 fully saturated rings. The number of anilines is 1. The highest BCUT2D eigenvalue weighted by Crippen LogP contribution is 2.23. The van der Waals surface area contributed by atoms with Crippen LogP contribution < -0.4 is 5.43 Å². The zero-order valence-electron chi connectivity index (χ0n) is 15.6. The third kappa shape index (κ3) is 4.44. The van der Waals surface area contributed by atoms with Crippen LogP contribution in [0.3, 0.4) is 0 Å². The molecule has 1 heterocycles. The summed E-state index contributed by atoms with van der Waals surface area (Å²) in [5, 5.41) is 19.9. The van der Waals surface area contributed by atoms with E-state index in [1.54, 1.807) is 23.0 Å². The number of nitro groups is 1. The summed E-state index contributed by atoms with van der Waals surface area (Å²) in [7, 11) is 0. The maximum Gasteiger partial charge on any atom is 0.269 e. The van der Waals surface area contributed by atoms with Gasteiger partial charge >= 0.3 is 0 Å². The standard InChI is InChI=1S/C22H16BrN5O2/c23-18-6-8-19(9-7-18)25-24-14-17-15-27(20-10-12-21(13-11-20)28(29)30)26-22(17)16-4-2-1-3-5-16/h1-15,25H. The van der Waals surface area contributed by atoms with Crippen LogP contribution in [0.1, 0.15) is 5.56 Å². The van der Waals surface area contributed by atoms with Gasteiger partial charge in [-0.25, -0.2) is 4.68 Å². The van der Waals surface area contributed by atoms with E-state index in [-0.39, 0.29) is 5.69 Å². The fourth-order valence-corrected chi connectivity index (χ4v) is 3.13. The van der Waals surface area contributed by atoms with Crippen LogP contribution in [0, 0.1) is 10.1 Å². The fourth-order valence-electron chi connectivity index (χ4n) is 2.86. The van der Waals surface area contributed by atoms with Crippen LogP contribution in [-0.4, -0.2) is 20.9 Å². The molecule has 0 aliphatic rings. The quantitative estimate of drug-likeness (QED) is 0.228. The first-order valence-corrected chi connectivity index (χ1v) is 9.84. The average molecular weight is 462 g/mol. The maximum atomic E-state index is 10.9. The first-order valence-electron chi connectivity index (χ1n) is 9.05. The van der Waals surface area contributed by atoms with Crippen molar-refractivity contribution in [3.8, 4) is 16.9 Å². The highest BCUT2D eigenvalue weighted by molar-refractivity contribution is 9.10. The zero-order valence-corrected chi connectivity index (χ0v) is 17.2. The molecule has 0 atom stereocenters. The molecule has 0 spiro atoms. The Kier molecular flexibility index (Phi) is 5.67. The second kappa shape index (κ2) is 8.71. The molecule has 0 saturated heterocycles. The molecule has 0 saturated carbocycles. The van der Waals surface area contributed by atoms with Gasteiger partial charge in [-0.15, -0.1) is 0 Å². The third-order valence-electron chi connectivity index (χ3n) is 4.36. The molecule has 0 radical (unpaired) electrons. The number of rotatable bonds is 6. The van der Waals surface area contributed by atoms with E-state index >= 15 is 0 Å². The first kappa shape index (κ1) is 19.5. The summed E-state index contributed by atoms with van der Waals surface area (Å²) in [4.78, 5) is 10.5. The van der Waals surface area contributed by atoms with Crippen molar-refractivity contribution < 1.29 is 4.92 Å². The summed E-state index contributed by atoms with van der Waals surface area (Å²) in [6.07, 6.45) is 3.55. The number of hydrazone groups is 1. The van der Waals surface area contributed by atoms with Gasteiger partial charge in [0.2, 0.25) is 0 Å². The molecule has 148 valence electrons. The van der Waals surface area contributed by atoms with E-state index in [4.69, 9.17) is 0 Å². The van der Waals surface area contributed by atoms with Crippen molar-refractivity contribution in [2.75, 3.05) is 5.43 Å². The van der Waals surface area contributed by atoms with Gasteiger partial charge in [-0.3, -0.25) is 15.5 Å². The molecule has 4 rings (SSSR count). The Labute approximate surface area is 181 Å². The number of halogens is 1. The fraction of sp³-hybridized carbons (Fsp3) is 0. The number of non-ortho nitro benzene ring substituents is 1. The number of hydrogen-bond acceptors (Lipinski definition) is 5. The second-order valence-electron chi connectivity index (χ2n) is 6.39. The lowest BCUT2D eigenvalue weighted by Gasteiger charge is -2.01. The predicted molar refractivity (Wildman–Crippen MR) is 121 cm³/mol. The summed E-state index contributed by atoms with van der Waals surface area (Å²) >= 11 is 3.41. The first-order chi connectivity index (χ1) is 14.6. The van der Waals surface area contributed by atoms with Gasteiger partial charge in [0, 0.05) is 33.9 Å². The van der Waals surface area contributed by atoms with Gasteiger partial charge in [-0.2, -0.15) is 10.2 Å². The van der Waals surface area contributed by atoms with Crippen molar-refractivity contribution >= 4 is 33.5 Å². The molecule has 8 heteroatoms. The van der Waals surface area contributed by atoms with Crippen LogP contribution >= 0.6 is 15.9 Å². The van der Waals surface area contributed by atoms with Gasteiger partial charge in [-0.1, -0.05) is 46.3 Å². The monoisotopic (exact) mass is 461 g/mol. The van der Waals surface area contributed by atoms with Crippen molar-refractivity contribution in [3.63, 3.8) is 0 Å². The minimum atomic E-state index is -0.422. The Morgan fingerprint density at radius 3 is 2.37 bits per heavy atom. The molecule has 0 aliphatic heterocycles. The Bertz CT molecular complexity index is 1190. The molecule has 30 heavy (non-hydrogen) atoms. The van der Waals surface area contributed by atoms with E-state index < -0.39 is 4.92 Å². The van der Waals surface area contributed by atoms with Crippen molar-refractivity contribution in [1.29, 1.82) is 0 Å². The lowest BCUT2D eigenvalue weighted by atomic mass is 10.1. The normalized spacial score (nSPS) is 11.0. The largest absolute Gasteiger partial charge is 0.279 e. The van der Waals surface area contributed by atoms with Crippen molar-refractivity contribution in [2.45, 2.75) is 0 Å². The summed E-state index contributed by atoms with van der Waals surface area (Å²) in [5.41, 5.74) is 7.14. The molecule has 1 aromatic heterocycles. The smallest absolute Gasteiger partial charge is 0.269 e. The number of nitro benzene ring substituents is 1. The van der Waals surface area contributed by atoms with Crippen LogP contribution in [0.15, 0.2) is 94.6 Å². The van der Waals surface area contributed by atoms with Crippen LogP contribution in [0.25, 0.3) is 16.9 Å². The predicted octanol–water partition coefficient (Wildman–Crippen LogP) is 5.66. The van der Waals surface area contributed by atoms with Crippen molar-refractivity contribution in [3.05, 3.63) is 105 Å². The molecule has 4 aromatic rings. The van der Waals surface area contributed by atoms with Gasteiger partial charge in [-0.05, 0) is 36.4 Å². The Balaban J connectivity index is 1.66. The van der Waals surface area contributed by atoms with Crippen molar-refractivity contribution in [1.82, 2.24) is 9.78 Å². The molecule has 0 aliphatic carbocycles. The molecule has 3 aromatic carbocycles. The summed E-state index contributed by atoms with van der Waals surface area (Å²) in [6.45, 7) is 0. The number of aromatic nitrogens is 2. The van der Waals surface area contributed by atoms with Gasteiger partial charge in [0.15, 0.2) is 0 Å². The number of nitrogens with zero attached hydrogens (tertiary/aromatic N) is 4. The average Bonchev–Trinajstić information content (AvgIpc) is 3.20. The van der Waals surface area contributed by atoms with Gasteiger partial charge in [0.25, 0.3) is 5.69 Å². The van der Waals surface area contributed by atoms with Crippen LogP contribution in [0.4, 0.5) is 11.4 Å². The summed E-state index contributed by atoms with van der Waals surface area (Å²) < 4.78 is 2.68. The summed E-state index contributed by atoms with van der Waals surface area (Å²) in [5.74, 6) is 0. The Hall–Kier alpha value is -3.78. The van der Waals surface area contributed by atoms with E-state index in [0.717, 1.165) is 32.7 Å². The lowest BCUT2D eigenvalue weighted by molar-refractivity contribution is -0.384. The van der Waals surface area contributed by atoms with Gasteiger partial charge < -0.3 is 0 Å². The number of hydrogen-bond donors (Lipinski definition) is 1. The van der Waals surface area contributed by atoms with Gasteiger partial charge in [0.05, 0.1) is 22.5 Å². The SMILES string of the molecule is O=[N+]([O-])c1ccc(-n2cc(C=NNc3ccc(Br)cc3)c(-c3ccccc3)n2)cc1. The van der Waals surface area contributed by atoms with Crippen LogP contribution in [0.2, 0.25) is 0 Å². The molecular formula is C22H16BrN5O2. The highest BCUT2D eigenvalue weighted by Gasteiger charge is 2.12. The third-order valence-corrected chi connectivity index (χ3v) is 4.89. The Morgan fingerprint density at radius 1 is 1.00 bits per heavy atom. The molecule has 0 unspecified atom stereocenters. The number of benzene rings is 3. The second-order valence-corrected chi connectivity index (χ2v) is 7.31. The van der Waals surface area contributed by atoms with Gasteiger partial charge in [0.1, 0.15) is 5.69 Å². The van der Waals surface area contributed by atoms with Crippen LogP contribution in [0.5, 0.6) is 0 Å². The zero-order chi connectivity index (χ0) is 20.9. The maximum absolute atomic E-state index is 10.9. The van der Waals surface area contributed by atoms with E-state index in [2.05, 4.69) is 31.6 Å². The topological polar surface area (TPSA) is 85.3 Å². The molecule has 1 N–H and O–H groups in total. The van der Waals surface area contributed by atoms with Crippen molar-refractivity contribution in [2.24, 2.45) is 5.10 Å². The number of nitrogens with one attached hydrogen (secondary N) is 1. The Morgan fingerprint density at radius 2 is 1.70 bits per heavy atom. The highest BCUT2D eigenvalue weighted by atomic mass is 79.9. The van der Waals surface area contributed by atoms with E-state index in [1.807, 2.05) is 60.8 Å². The van der Waals surface area contributed by atoms with E-state index in [0.29, 0.717) is 0 Å². The molecule has 0 bridgehead atoms.